The van der Waals surface area contributed by atoms with Gasteiger partial charge in [-0.25, -0.2) is 9.48 Å². The van der Waals surface area contributed by atoms with Crippen LogP contribution in [0.3, 0.4) is 0 Å². The Kier molecular flexibility index (Phi) is 3.85. The second-order valence-corrected chi connectivity index (χ2v) is 4.50. The molecule has 0 spiro atoms. The second kappa shape index (κ2) is 5.57. The van der Waals surface area contributed by atoms with E-state index in [9.17, 15) is 9.59 Å². The highest BCUT2D eigenvalue weighted by molar-refractivity contribution is 7.12. The molecule has 0 aromatic carbocycles. The number of anilines is 1. The third-order valence-electron chi connectivity index (χ3n) is 2.31. The van der Waals surface area contributed by atoms with Gasteiger partial charge in [0.05, 0.1) is 12.8 Å². The van der Waals surface area contributed by atoms with Gasteiger partial charge in [0, 0.05) is 0 Å². The number of tetrazole rings is 1. The van der Waals surface area contributed by atoms with Crippen molar-refractivity contribution in [3.8, 4) is 0 Å². The highest BCUT2D eigenvalue weighted by Gasteiger charge is 2.16. The lowest BCUT2D eigenvalue weighted by Crippen LogP contribution is -2.21. The van der Waals surface area contributed by atoms with Gasteiger partial charge in [-0.15, -0.1) is 16.4 Å². The van der Waals surface area contributed by atoms with Gasteiger partial charge in [-0.2, -0.15) is 0 Å². The molecule has 0 unspecified atom stereocenters. The Morgan fingerprint density at radius 1 is 1.53 bits per heavy atom. The summed E-state index contributed by atoms with van der Waals surface area (Å²) in [6, 6.07) is 1.64. The number of carbonyl (C=O) groups is 2. The van der Waals surface area contributed by atoms with Gasteiger partial charge in [0.15, 0.2) is 0 Å². The molecule has 8 nitrogen and oxygen atoms in total. The van der Waals surface area contributed by atoms with Crippen LogP contribution in [0.5, 0.6) is 0 Å². The van der Waals surface area contributed by atoms with E-state index in [1.807, 2.05) is 0 Å². The third kappa shape index (κ3) is 2.94. The SMILES string of the molecule is COC(=O)c1sccc1NC(=O)Cn1nnnc1C. The van der Waals surface area contributed by atoms with Crippen LogP contribution in [0.15, 0.2) is 11.4 Å². The van der Waals surface area contributed by atoms with Crippen molar-refractivity contribution in [3.05, 3.63) is 22.1 Å². The summed E-state index contributed by atoms with van der Waals surface area (Å²) in [6.07, 6.45) is 0. The lowest BCUT2D eigenvalue weighted by atomic mass is 10.3. The number of hydrogen-bond donors (Lipinski definition) is 1. The van der Waals surface area contributed by atoms with Gasteiger partial charge in [0.2, 0.25) is 5.91 Å². The first-order chi connectivity index (χ1) is 9.11. The minimum atomic E-state index is -0.482. The Morgan fingerprint density at radius 2 is 2.32 bits per heavy atom. The molecule has 0 radical (unpaired) electrons. The van der Waals surface area contributed by atoms with E-state index in [0.29, 0.717) is 16.4 Å². The molecule has 19 heavy (non-hydrogen) atoms. The molecule has 100 valence electrons. The Morgan fingerprint density at radius 3 is 2.95 bits per heavy atom. The number of nitrogens with zero attached hydrogens (tertiary/aromatic N) is 4. The minimum absolute atomic E-state index is 0.0186. The van der Waals surface area contributed by atoms with Crippen molar-refractivity contribution in [2.75, 3.05) is 12.4 Å². The van der Waals surface area contributed by atoms with Crippen LogP contribution in [0.2, 0.25) is 0 Å². The van der Waals surface area contributed by atoms with Gasteiger partial charge < -0.3 is 10.1 Å². The summed E-state index contributed by atoms with van der Waals surface area (Å²) in [7, 11) is 1.29. The van der Waals surface area contributed by atoms with Crippen molar-refractivity contribution in [2.24, 2.45) is 0 Å². The zero-order valence-electron chi connectivity index (χ0n) is 10.3. The number of thiophene rings is 1. The number of esters is 1. The average Bonchev–Trinajstić information content (AvgIpc) is 2.99. The number of aromatic nitrogens is 4. The fourth-order valence-corrected chi connectivity index (χ4v) is 2.15. The molecule has 9 heteroatoms. The van der Waals surface area contributed by atoms with E-state index < -0.39 is 5.97 Å². The van der Waals surface area contributed by atoms with E-state index in [-0.39, 0.29) is 12.5 Å². The lowest BCUT2D eigenvalue weighted by Gasteiger charge is -2.05. The van der Waals surface area contributed by atoms with Crippen molar-refractivity contribution in [2.45, 2.75) is 13.5 Å². The van der Waals surface area contributed by atoms with E-state index in [1.165, 1.54) is 23.1 Å². The Labute approximate surface area is 112 Å². The summed E-state index contributed by atoms with van der Waals surface area (Å²) in [5.41, 5.74) is 0.424. The van der Waals surface area contributed by atoms with E-state index in [2.05, 4.69) is 25.6 Å². The maximum Gasteiger partial charge on any atom is 0.350 e. The fraction of sp³-hybridized carbons (Fsp3) is 0.300. The van der Waals surface area contributed by atoms with Gasteiger partial charge in [0.25, 0.3) is 0 Å². The normalized spacial score (nSPS) is 10.2. The summed E-state index contributed by atoms with van der Waals surface area (Å²) in [6.45, 7) is 1.67. The smallest absolute Gasteiger partial charge is 0.350 e. The maximum atomic E-state index is 11.8. The molecule has 0 aliphatic heterocycles. The van der Waals surface area contributed by atoms with Crippen LogP contribution in [0.25, 0.3) is 0 Å². The molecule has 0 bridgehead atoms. The Bertz CT molecular complexity index is 606. The van der Waals surface area contributed by atoms with Crippen molar-refractivity contribution >= 4 is 28.9 Å². The largest absolute Gasteiger partial charge is 0.465 e. The molecular weight excluding hydrogens is 270 g/mol. The van der Waals surface area contributed by atoms with Crippen molar-refractivity contribution in [1.29, 1.82) is 0 Å². The number of methoxy groups -OCH3 is 1. The summed E-state index contributed by atoms with van der Waals surface area (Å²) >= 11 is 1.20. The highest BCUT2D eigenvalue weighted by atomic mass is 32.1. The first-order valence-corrected chi connectivity index (χ1v) is 6.18. The summed E-state index contributed by atoms with van der Waals surface area (Å²) in [4.78, 5) is 23.6. The molecule has 0 atom stereocenters. The topological polar surface area (TPSA) is 99.0 Å². The molecule has 0 aliphatic rings. The maximum absolute atomic E-state index is 11.8. The molecule has 2 rings (SSSR count). The number of amides is 1. The summed E-state index contributed by atoms with van der Waals surface area (Å²) < 4.78 is 5.99. The van der Waals surface area contributed by atoms with Crippen LogP contribution >= 0.6 is 11.3 Å². The molecule has 0 saturated heterocycles. The van der Waals surface area contributed by atoms with Gasteiger partial charge >= 0.3 is 5.97 Å². The number of aryl methyl sites for hydroxylation is 1. The van der Waals surface area contributed by atoms with E-state index >= 15 is 0 Å². The predicted octanol–water partition coefficient (Wildman–Crippen LogP) is 0.468. The van der Waals surface area contributed by atoms with Gasteiger partial charge in [0.1, 0.15) is 17.2 Å². The van der Waals surface area contributed by atoms with Crippen LogP contribution in [0, 0.1) is 6.92 Å². The Balaban J connectivity index is 2.05. The highest BCUT2D eigenvalue weighted by Crippen LogP contribution is 2.23. The minimum Gasteiger partial charge on any atom is -0.465 e. The third-order valence-corrected chi connectivity index (χ3v) is 3.21. The van der Waals surface area contributed by atoms with E-state index in [4.69, 9.17) is 0 Å². The summed E-state index contributed by atoms with van der Waals surface area (Å²) in [5.74, 6) is -0.267. The average molecular weight is 281 g/mol. The number of ether oxygens (including phenoxy) is 1. The number of carbonyl (C=O) groups excluding carboxylic acids is 2. The van der Waals surface area contributed by atoms with Crippen molar-refractivity contribution < 1.29 is 14.3 Å². The second-order valence-electron chi connectivity index (χ2n) is 3.59. The van der Waals surface area contributed by atoms with Crippen LogP contribution in [-0.4, -0.2) is 39.2 Å². The Hall–Kier alpha value is -2.29. The summed E-state index contributed by atoms with van der Waals surface area (Å²) in [5, 5.41) is 15.1. The van der Waals surface area contributed by atoms with Crippen LogP contribution < -0.4 is 5.32 Å². The van der Waals surface area contributed by atoms with Crippen LogP contribution in [-0.2, 0) is 16.1 Å². The monoisotopic (exact) mass is 281 g/mol. The molecule has 0 fully saturated rings. The molecule has 0 aliphatic carbocycles. The zero-order chi connectivity index (χ0) is 13.8. The van der Waals surface area contributed by atoms with Crippen LogP contribution in [0.1, 0.15) is 15.5 Å². The van der Waals surface area contributed by atoms with Gasteiger partial charge in [-0.05, 0) is 28.8 Å². The molecular formula is C10H11N5O3S. The predicted molar refractivity (Wildman–Crippen MR) is 66.8 cm³/mol. The molecule has 1 amide bonds. The molecule has 1 N–H and O–H groups in total. The molecule has 2 heterocycles. The lowest BCUT2D eigenvalue weighted by molar-refractivity contribution is -0.117. The first kappa shape index (κ1) is 13.1. The number of hydrogen-bond acceptors (Lipinski definition) is 7. The number of nitrogens with one attached hydrogen (secondary N) is 1. The molecule has 0 saturated carbocycles. The van der Waals surface area contributed by atoms with E-state index in [1.54, 1.807) is 18.4 Å². The molecule has 2 aromatic heterocycles. The number of rotatable bonds is 4. The molecule has 2 aromatic rings. The van der Waals surface area contributed by atoms with Gasteiger partial charge in [-0.1, -0.05) is 0 Å². The standard InChI is InChI=1S/C10H11N5O3S/c1-6-12-13-14-15(6)5-8(16)11-7-3-4-19-9(7)10(17)18-2/h3-4H,5H2,1-2H3,(H,11,16). The van der Waals surface area contributed by atoms with E-state index in [0.717, 1.165) is 0 Å². The van der Waals surface area contributed by atoms with Gasteiger partial charge in [-0.3, -0.25) is 4.79 Å². The fourth-order valence-electron chi connectivity index (χ4n) is 1.38. The zero-order valence-corrected chi connectivity index (χ0v) is 11.1. The van der Waals surface area contributed by atoms with Crippen molar-refractivity contribution in [1.82, 2.24) is 20.2 Å². The quantitative estimate of drug-likeness (QED) is 0.818. The van der Waals surface area contributed by atoms with Crippen molar-refractivity contribution in [3.63, 3.8) is 0 Å². The first-order valence-electron chi connectivity index (χ1n) is 5.30. The van der Waals surface area contributed by atoms with Crippen LogP contribution in [0.4, 0.5) is 5.69 Å².